The fourth-order valence-electron chi connectivity index (χ4n) is 2.68. The highest BCUT2D eigenvalue weighted by atomic mass is 32.2. The second kappa shape index (κ2) is 3.56. The van der Waals surface area contributed by atoms with Gasteiger partial charge in [0, 0.05) is 17.5 Å². The first-order valence-electron chi connectivity index (χ1n) is 5.74. The molecule has 2 atom stereocenters. The van der Waals surface area contributed by atoms with Crippen LogP contribution in [-0.2, 0) is 12.0 Å². The van der Waals surface area contributed by atoms with Gasteiger partial charge < -0.3 is 9.73 Å². The Labute approximate surface area is 94.8 Å². The zero-order valence-corrected chi connectivity index (χ0v) is 9.90. The average Bonchev–Trinajstić information content (AvgIpc) is 2.72. The predicted octanol–water partition coefficient (Wildman–Crippen LogP) is 2.54. The lowest BCUT2D eigenvalue weighted by atomic mass is 9.85. The molecule has 2 nitrogen and oxygen atoms in total. The topological polar surface area (TPSA) is 25.2 Å². The molecule has 2 aliphatic heterocycles. The Morgan fingerprint density at radius 3 is 3.33 bits per heavy atom. The maximum Gasteiger partial charge on any atom is 0.127 e. The van der Waals surface area contributed by atoms with Crippen LogP contribution >= 0.6 is 11.8 Å². The minimum atomic E-state index is 0.147. The SMILES string of the molecule is CC1CCC2(CS1)NCCc1ccoc12. The van der Waals surface area contributed by atoms with Gasteiger partial charge in [-0.2, -0.15) is 11.8 Å². The van der Waals surface area contributed by atoms with E-state index in [-0.39, 0.29) is 5.54 Å². The Hall–Kier alpha value is -0.410. The zero-order chi connectivity index (χ0) is 10.3. The summed E-state index contributed by atoms with van der Waals surface area (Å²) < 4.78 is 5.71. The smallest absolute Gasteiger partial charge is 0.127 e. The Kier molecular flexibility index (Phi) is 2.33. The van der Waals surface area contributed by atoms with Crippen LogP contribution in [0.3, 0.4) is 0 Å². The molecule has 0 aromatic carbocycles. The molecule has 3 heteroatoms. The van der Waals surface area contributed by atoms with Gasteiger partial charge in [0.25, 0.3) is 0 Å². The quantitative estimate of drug-likeness (QED) is 0.731. The highest BCUT2D eigenvalue weighted by Gasteiger charge is 2.41. The third kappa shape index (κ3) is 1.53. The lowest BCUT2D eigenvalue weighted by Crippen LogP contribution is -2.51. The molecule has 1 aromatic heterocycles. The highest BCUT2D eigenvalue weighted by molar-refractivity contribution is 8.00. The highest BCUT2D eigenvalue weighted by Crippen LogP contribution is 2.42. The van der Waals surface area contributed by atoms with E-state index in [1.165, 1.54) is 24.2 Å². The second-order valence-electron chi connectivity index (χ2n) is 4.69. The van der Waals surface area contributed by atoms with Crippen molar-refractivity contribution in [2.75, 3.05) is 12.3 Å². The van der Waals surface area contributed by atoms with E-state index in [9.17, 15) is 0 Å². The van der Waals surface area contributed by atoms with Crippen LogP contribution in [0.2, 0.25) is 0 Å². The van der Waals surface area contributed by atoms with Crippen molar-refractivity contribution in [1.29, 1.82) is 0 Å². The van der Waals surface area contributed by atoms with Crippen LogP contribution in [-0.4, -0.2) is 17.5 Å². The van der Waals surface area contributed by atoms with E-state index in [1.54, 1.807) is 0 Å². The predicted molar refractivity (Wildman–Crippen MR) is 63.2 cm³/mol. The molecule has 0 saturated carbocycles. The summed E-state index contributed by atoms with van der Waals surface area (Å²) in [5.41, 5.74) is 1.57. The summed E-state index contributed by atoms with van der Waals surface area (Å²) in [5, 5.41) is 4.49. The van der Waals surface area contributed by atoms with Crippen LogP contribution < -0.4 is 5.32 Å². The van der Waals surface area contributed by atoms with Crippen molar-refractivity contribution in [3.8, 4) is 0 Å². The van der Waals surface area contributed by atoms with Crippen LogP contribution in [0, 0.1) is 0 Å². The van der Waals surface area contributed by atoms with E-state index in [0.717, 1.165) is 24.0 Å². The summed E-state index contributed by atoms with van der Waals surface area (Å²) in [6.45, 7) is 3.42. The van der Waals surface area contributed by atoms with Gasteiger partial charge in [0.15, 0.2) is 0 Å². The monoisotopic (exact) mass is 223 g/mol. The Morgan fingerprint density at radius 2 is 2.53 bits per heavy atom. The van der Waals surface area contributed by atoms with Gasteiger partial charge in [-0.3, -0.25) is 0 Å². The minimum absolute atomic E-state index is 0.147. The summed E-state index contributed by atoms with van der Waals surface area (Å²) in [4.78, 5) is 0. The van der Waals surface area contributed by atoms with Gasteiger partial charge >= 0.3 is 0 Å². The number of hydrogen-bond acceptors (Lipinski definition) is 3. The molecular formula is C12H17NOS. The van der Waals surface area contributed by atoms with Gasteiger partial charge in [-0.15, -0.1) is 0 Å². The molecular weight excluding hydrogens is 206 g/mol. The molecule has 1 N–H and O–H groups in total. The van der Waals surface area contributed by atoms with Crippen molar-refractivity contribution in [2.45, 2.75) is 37.0 Å². The molecule has 15 heavy (non-hydrogen) atoms. The van der Waals surface area contributed by atoms with Gasteiger partial charge in [0.1, 0.15) is 5.76 Å². The third-order valence-electron chi connectivity index (χ3n) is 3.63. The van der Waals surface area contributed by atoms with E-state index in [0.29, 0.717) is 0 Å². The molecule has 2 unspecified atom stereocenters. The number of thioether (sulfide) groups is 1. The molecule has 82 valence electrons. The van der Waals surface area contributed by atoms with E-state index < -0.39 is 0 Å². The first kappa shape index (κ1) is 9.79. The van der Waals surface area contributed by atoms with Crippen molar-refractivity contribution in [3.05, 3.63) is 23.7 Å². The molecule has 0 amide bonds. The fraction of sp³-hybridized carbons (Fsp3) is 0.667. The summed E-state index contributed by atoms with van der Waals surface area (Å²) in [5.74, 6) is 2.38. The van der Waals surface area contributed by atoms with Crippen LogP contribution in [0.15, 0.2) is 16.7 Å². The standard InChI is InChI=1S/C12H17NOS/c1-9-2-5-12(8-15-9)11-10(3-6-13-12)4-7-14-11/h4,7,9,13H,2-3,5-6,8H2,1H3. The van der Waals surface area contributed by atoms with Gasteiger partial charge in [-0.25, -0.2) is 0 Å². The van der Waals surface area contributed by atoms with Crippen molar-refractivity contribution >= 4 is 11.8 Å². The number of furan rings is 1. The average molecular weight is 223 g/mol. The Bertz CT molecular complexity index is 352. The molecule has 1 saturated heterocycles. The van der Waals surface area contributed by atoms with Gasteiger partial charge in [-0.1, -0.05) is 6.92 Å². The van der Waals surface area contributed by atoms with Crippen LogP contribution in [0.4, 0.5) is 0 Å². The maximum absolute atomic E-state index is 5.71. The first-order valence-corrected chi connectivity index (χ1v) is 6.78. The molecule has 0 bridgehead atoms. The largest absolute Gasteiger partial charge is 0.467 e. The molecule has 3 heterocycles. The van der Waals surface area contributed by atoms with Crippen LogP contribution in [0.25, 0.3) is 0 Å². The maximum atomic E-state index is 5.71. The van der Waals surface area contributed by atoms with Crippen molar-refractivity contribution < 1.29 is 4.42 Å². The normalized spacial score (nSPS) is 35.4. The molecule has 0 radical (unpaired) electrons. The van der Waals surface area contributed by atoms with E-state index in [1.807, 2.05) is 6.26 Å². The molecule has 1 fully saturated rings. The summed E-state index contributed by atoms with van der Waals surface area (Å²) in [6, 6.07) is 2.14. The fourth-order valence-corrected chi connectivity index (χ4v) is 3.91. The molecule has 1 spiro atoms. The molecule has 3 rings (SSSR count). The van der Waals surface area contributed by atoms with E-state index >= 15 is 0 Å². The minimum Gasteiger partial charge on any atom is -0.467 e. The number of rotatable bonds is 0. The molecule has 2 aliphatic rings. The number of fused-ring (bicyclic) bond motifs is 2. The van der Waals surface area contributed by atoms with Crippen molar-refractivity contribution in [1.82, 2.24) is 5.32 Å². The van der Waals surface area contributed by atoms with Crippen LogP contribution in [0.1, 0.15) is 31.1 Å². The summed E-state index contributed by atoms with van der Waals surface area (Å²) >= 11 is 2.07. The molecule has 1 aromatic rings. The molecule has 0 aliphatic carbocycles. The lowest BCUT2D eigenvalue weighted by Gasteiger charge is -2.41. The lowest BCUT2D eigenvalue weighted by molar-refractivity contribution is 0.254. The van der Waals surface area contributed by atoms with Crippen LogP contribution in [0.5, 0.6) is 0 Å². The Morgan fingerprint density at radius 1 is 1.60 bits per heavy atom. The van der Waals surface area contributed by atoms with E-state index in [4.69, 9.17) is 4.42 Å². The first-order chi connectivity index (χ1) is 7.30. The van der Waals surface area contributed by atoms with E-state index in [2.05, 4.69) is 30.1 Å². The number of nitrogens with one attached hydrogen (secondary N) is 1. The summed E-state index contributed by atoms with van der Waals surface area (Å²) in [7, 11) is 0. The summed E-state index contributed by atoms with van der Waals surface area (Å²) in [6.07, 6.45) is 5.48. The van der Waals surface area contributed by atoms with Crippen molar-refractivity contribution in [3.63, 3.8) is 0 Å². The zero-order valence-electron chi connectivity index (χ0n) is 9.08. The van der Waals surface area contributed by atoms with Gasteiger partial charge in [0.2, 0.25) is 0 Å². The Balaban J connectivity index is 1.94. The van der Waals surface area contributed by atoms with Gasteiger partial charge in [-0.05, 0) is 30.9 Å². The second-order valence-corrected chi connectivity index (χ2v) is 6.12. The van der Waals surface area contributed by atoms with Gasteiger partial charge in [0.05, 0.1) is 11.8 Å². The van der Waals surface area contributed by atoms with Crippen molar-refractivity contribution in [2.24, 2.45) is 0 Å². The number of hydrogen-bond donors (Lipinski definition) is 1. The third-order valence-corrected chi connectivity index (χ3v) is 5.10.